The van der Waals surface area contributed by atoms with E-state index in [0.29, 0.717) is 17.0 Å². The molecule has 2 N–H and O–H groups in total. The standard InChI is InChI=1S/C21H24FN3O5/c1-13(26)24-17(11-14-6-4-8-16(22)10-14)19(27)25-18(21(28)30-3)12-15-7-5-9-23-20(15)29-2/h4-10,17-18H,11-12H2,1-3H3,(H,24,26)(H,25,27)/t17-,18-/m0/s1. The molecule has 0 aliphatic rings. The lowest BCUT2D eigenvalue weighted by molar-refractivity contribution is -0.145. The number of ether oxygens (including phenoxy) is 2. The molecule has 160 valence electrons. The zero-order valence-corrected chi connectivity index (χ0v) is 17.0. The highest BCUT2D eigenvalue weighted by atomic mass is 19.1. The fourth-order valence-corrected chi connectivity index (χ4v) is 2.95. The van der Waals surface area contributed by atoms with Crippen LogP contribution in [0, 0.1) is 5.82 Å². The van der Waals surface area contributed by atoms with E-state index in [1.165, 1.54) is 39.3 Å². The van der Waals surface area contributed by atoms with Gasteiger partial charge < -0.3 is 20.1 Å². The van der Waals surface area contributed by atoms with Gasteiger partial charge in [-0.05, 0) is 23.8 Å². The lowest BCUT2D eigenvalue weighted by Crippen LogP contribution is -2.53. The third-order valence-electron chi connectivity index (χ3n) is 4.29. The van der Waals surface area contributed by atoms with Crippen LogP contribution >= 0.6 is 0 Å². The molecule has 0 saturated carbocycles. The van der Waals surface area contributed by atoms with Crippen LogP contribution in [0.5, 0.6) is 5.88 Å². The second kappa shape index (κ2) is 10.9. The quantitative estimate of drug-likeness (QED) is 0.594. The van der Waals surface area contributed by atoms with E-state index in [2.05, 4.69) is 15.6 Å². The van der Waals surface area contributed by atoms with Crippen molar-refractivity contribution in [2.24, 2.45) is 0 Å². The molecule has 0 aliphatic heterocycles. The van der Waals surface area contributed by atoms with Gasteiger partial charge in [-0.2, -0.15) is 0 Å². The smallest absolute Gasteiger partial charge is 0.328 e. The van der Waals surface area contributed by atoms with Crippen LogP contribution in [0.15, 0.2) is 42.6 Å². The number of halogens is 1. The molecule has 30 heavy (non-hydrogen) atoms. The summed E-state index contributed by atoms with van der Waals surface area (Å²) in [5, 5.41) is 5.14. The van der Waals surface area contributed by atoms with Crippen molar-refractivity contribution in [3.05, 3.63) is 59.5 Å². The third kappa shape index (κ3) is 6.54. The number of nitrogens with zero attached hydrogens (tertiary/aromatic N) is 1. The molecule has 0 fully saturated rings. The number of methoxy groups -OCH3 is 2. The van der Waals surface area contributed by atoms with Gasteiger partial charge in [0.05, 0.1) is 14.2 Å². The Morgan fingerprint density at radius 2 is 1.83 bits per heavy atom. The first-order valence-corrected chi connectivity index (χ1v) is 9.21. The molecular weight excluding hydrogens is 393 g/mol. The van der Waals surface area contributed by atoms with Gasteiger partial charge in [0.2, 0.25) is 17.7 Å². The number of aromatic nitrogens is 1. The summed E-state index contributed by atoms with van der Waals surface area (Å²) in [5.41, 5.74) is 1.12. The molecule has 8 nitrogen and oxygen atoms in total. The zero-order valence-electron chi connectivity index (χ0n) is 17.0. The molecule has 1 heterocycles. The summed E-state index contributed by atoms with van der Waals surface area (Å²) in [4.78, 5) is 40.8. The SMILES string of the molecule is COC(=O)[C@H](Cc1cccnc1OC)NC(=O)[C@H](Cc1cccc(F)c1)NC(C)=O. The second-order valence-electron chi connectivity index (χ2n) is 6.55. The van der Waals surface area contributed by atoms with Crippen LogP contribution in [0.4, 0.5) is 4.39 Å². The number of carbonyl (C=O) groups is 3. The second-order valence-corrected chi connectivity index (χ2v) is 6.55. The largest absolute Gasteiger partial charge is 0.481 e. The Kier molecular flexibility index (Phi) is 8.28. The summed E-state index contributed by atoms with van der Waals surface area (Å²) in [5.74, 6) is -1.84. The maximum atomic E-state index is 13.5. The van der Waals surface area contributed by atoms with Crippen LogP contribution in [0.25, 0.3) is 0 Å². The normalized spacial score (nSPS) is 12.4. The molecule has 1 aromatic heterocycles. The number of hydrogen-bond donors (Lipinski definition) is 2. The van der Waals surface area contributed by atoms with E-state index in [1.54, 1.807) is 24.4 Å². The van der Waals surface area contributed by atoms with E-state index in [4.69, 9.17) is 9.47 Å². The van der Waals surface area contributed by atoms with Crippen LogP contribution in [0.2, 0.25) is 0 Å². The van der Waals surface area contributed by atoms with E-state index in [-0.39, 0.29) is 12.8 Å². The first-order chi connectivity index (χ1) is 14.3. The number of amides is 2. The molecule has 9 heteroatoms. The molecule has 2 atom stereocenters. The highest BCUT2D eigenvalue weighted by Gasteiger charge is 2.28. The van der Waals surface area contributed by atoms with Crippen LogP contribution in [-0.2, 0) is 32.0 Å². The number of carbonyl (C=O) groups excluding carboxylic acids is 3. The predicted molar refractivity (Wildman–Crippen MR) is 106 cm³/mol. The summed E-state index contributed by atoms with van der Waals surface area (Å²) in [6.45, 7) is 1.27. The molecule has 2 aromatic rings. The number of benzene rings is 1. The molecular formula is C21H24FN3O5. The van der Waals surface area contributed by atoms with Crippen molar-refractivity contribution >= 4 is 17.8 Å². The van der Waals surface area contributed by atoms with Crippen molar-refractivity contribution in [3.63, 3.8) is 0 Å². The minimum Gasteiger partial charge on any atom is -0.481 e. The van der Waals surface area contributed by atoms with Crippen molar-refractivity contribution in [3.8, 4) is 5.88 Å². The fraction of sp³-hybridized carbons (Fsp3) is 0.333. The highest BCUT2D eigenvalue weighted by molar-refractivity contribution is 5.90. The van der Waals surface area contributed by atoms with Gasteiger partial charge in [-0.25, -0.2) is 14.2 Å². The first-order valence-electron chi connectivity index (χ1n) is 9.21. The summed E-state index contributed by atoms with van der Waals surface area (Å²) < 4.78 is 23.5. The van der Waals surface area contributed by atoms with Crippen molar-refractivity contribution in [1.29, 1.82) is 0 Å². The molecule has 0 aliphatic carbocycles. The summed E-state index contributed by atoms with van der Waals surface area (Å²) >= 11 is 0. The first kappa shape index (κ1) is 22.8. The van der Waals surface area contributed by atoms with E-state index in [9.17, 15) is 18.8 Å². The van der Waals surface area contributed by atoms with Gasteiger partial charge in [0, 0.05) is 31.5 Å². The van der Waals surface area contributed by atoms with Crippen molar-refractivity contribution in [1.82, 2.24) is 15.6 Å². The number of hydrogen-bond acceptors (Lipinski definition) is 6. The van der Waals surface area contributed by atoms with Gasteiger partial charge in [0.15, 0.2) is 0 Å². The maximum absolute atomic E-state index is 13.5. The van der Waals surface area contributed by atoms with Crippen LogP contribution in [0.3, 0.4) is 0 Å². The van der Waals surface area contributed by atoms with Gasteiger partial charge >= 0.3 is 5.97 Å². The molecule has 0 unspecified atom stereocenters. The minimum atomic E-state index is -1.04. The molecule has 2 rings (SSSR count). The fourth-order valence-electron chi connectivity index (χ4n) is 2.95. The van der Waals surface area contributed by atoms with Crippen LogP contribution in [0.1, 0.15) is 18.1 Å². The van der Waals surface area contributed by atoms with Gasteiger partial charge in [-0.15, -0.1) is 0 Å². The number of nitrogens with one attached hydrogen (secondary N) is 2. The van der Waals surface area contributed by atoms with E-state index < -0.39 is 35.7 Å². The Hall–Kier alpha value is -3.49. The van der Waals surface area contributed by atoms with Gasteiger partial charge in [-0.3, -0.25) is 9.59 Å². The van der Waals surface area contributed by atoms with Crippen LogP contribution < -0.4 is 15.4 Å². The Morgan fingerprint density at radius 1 is 1.07 bits per heavy atom. The highest BCUT2D eigenvalue weighted by Crippen LogP contribution is 2.16. The summed E-state index contributed by atoms with van der Waals surface area (Å²) in [7, 11) is 2.66. The molecule has 0 bridgehead atoms. The third-order valence-corrected chi connectivity index (χ3v) is 4.29. The minimum absolute atomic E-state index is 0.0489. The van der Waals surface area contributed by atoms with Crippen molar-refractivity contribution in [2.45, 2.75) is 31.8 Å². The topological polar surface area (TPSA) is 107 Å². The Balaban J connectivity index is 2.21. The van der Waals surface area contributed by atoms with Crippen molar-refractivity contribution < 1.29 is 28.2 Å². The zero-order chi connectivity index (χ0) is 22.1. The molecule has 0 radical (unpaired) electrons. The molecule has 0 saturated heterocycles. The number of esters is 1. The van der Waals surface area contributed by atoms with E-state index in [1.807, 2.05) is 0 Å². The van der Waals surface area contributed by atoms with Gasteiger partial charge in [0.1, 0.15) is 17.9 Å². The van der Waals surface area contributed by atoms with Gasteiger partial charge in [-0.1, -0.05) is 18.2 Å². The maximum Gasteiger partial charge on any atom is 0.328 e. The Morgan fingerprint density at radius 3 is 2.47 bits per heavy atom. The molecule has 2 amide bonds. The molecule has 1 aromatic carbocycles. The van der Waals surface area contributed by atoms with E-state index >= 15 is 0 Å². The summed E-state index contributed by atoms with van der Waals surface area (Å²) in [6, 6.07) is 7.07. The average molecular weight is 417 g/mol. The molecule has 0 spiro atoms. The van der Waals surface area contributed by atoms with Crippen molar-refractivity contribution in [2.75, 3.05) is 14.2 Å². The Bertz CT molecular complexity index is 906. The lowest BCUT2D eigenvalue weighted by atomic mass is 10.0. The number of pyridine rings is 1. The Labute approximate surface area is 173 Å². The van der Waals surface area contributed by atoms with E-state index in [0.717, 1.165) is 0 Å². The predicted octanol–water partition coefficient (Wildman–Crippen LogP) is 1.18. The van der Waals surface area contributed by atoms with Crippen LogP contribution in [-0.4, -0.2) is 49.1 Å². The monoisotopic (exact) mass is 417 g/mol. The number of rotatable bonds is 9. The average Bonchev–Trinajstić information content (AvgIpc) is 2.72. The summed E-state index contributed by atoms with van der Waals surface area (Å²) in [6.07, 6.45) is 1.66. The lowest BCUT2D eigenvalue weighted by Gasteiger charge is -2.22. The van der Waals surface area contributed by atoms with Gasteiger partial charge in [0.25, 0.3) is 0 Å².